The molecule has 0 fully saturated rings. The van der Waals surface area contributed by atoms with Crippen molar-refractivity contribution in [1.82, 2.24) is 4.72 Å². The van der Waals surface area contributed by atoms with E-state index in [1.807, 2.05) is 6.92 Å². The summed E-state index contributed by atoms with van der Waals surface area (Å²) in [6, 6.07) is 2.77. The predicted octanol–water partition coefficient (Wildman–Crippen LogP) is 2.06. The average Bonchev–Trinajstić information content (AvgIpc) is 2.35. The fourth-order valence-corrected chi connectivity index (χ4v) is 3.62. The van der Waals surface area contributed by atoms with Gasteiger partial charge in [0.05, 0.1) is 4.90 Å². The van der Waals surface area contributed by atoms with Crippen molar-refractivity contribution >= 4 is 27.3 Å². The normalized spacial score (nSPS) is 15.1. The van der Waals surface area contributed by atoms with Crippen LogP contribution in [0.2, 0.25) is 5.02 Å². The van der Waals surface area contributed by atoms with Crippen molar-refractivity contribution in [2.24, 2.45) is 0 Å². The van der Waals surface area contributed by atoms with E-state index in [2.05, 4.69) is 4.72 Å². The van der Waals surface area contributed by atoms with E-state index in [-0.39, 0.29) is 11.5 Å². The van der Waals surface area contributed by atoms with E-state index in [1.54, 1.807) is 13.8 Å². The molecule has 0 bridgehead atoms. The largest absolute Gasteiger partial charge is 0.398 e. The Balaban J connectivity index is 3.18. The van der Waals surface area contributed by atoms with Crippen molar-refractivity contribution in [3.05, 3.63) is 22.7 Å². The van der Waals surface area contributed by atoms with Crippen LogP contribution in [0.25, 0.3) is 0 Å². The number of anilines is 1. The van der Waals surface area contributed by atoms with E-state index in [9.17, 15) is 8.42 Å². The van der Waals surface area contributed by atoms with E-state index >= 15 is 0 Å². The second-order valence-electron chi connectivity index (χ2n) is 5.11. The number of nitrogens with two attached hydrogens (primary N) is 1. The summed E-state index contributed by atoms with van der Waals surface area (Å²) in [5.74, 6) is 0. The first-order valence-corrected chi connectivity index (χ1v) is 8.22. The van der Waals surface area contributed by atoms with E-state index in [0.29, 0.717) is 29.1 Å². The minimum atomic E-state index is -3.74. The molecule has 0 aromatic heterocycles. The molecule has 4 N–H and O–H groups in total. The van der Waals surface area contributed by atoms with Gasteiger partial charge in [0.1, 0.15) is 0 Å². The molecule has 1 atom stereocenters. The van der Waals surface area contributed by atoms with Gasteiger partial charge in [-0.1, -0.05) is 18.5 Å². The van der Waals surface area contributed by atoms with Crippen LogP contribution in [0.15, 0.2) is 17.0 Å². The first-order chi connectivity index (χ1) is 9.15. The minimum absolute atomic E-state index is 0.0308. The van der Waals surface area contributed by atoms with Crippen molar-refractivity contribution in [2.75, 3.05) is 12.3 Å². The lowest BCUT2D eigenvalue weighted by atomic mass is 9.97. The molecule has 0 aliphatic heterocycles. The third-order valence-corrected chi connectivity index (χ3v) is 5.50. The van der Waals surface area contributed by atoms with Gasteiger partial charge in [0, 0.05) is 22.9 Å². The monoisotopic (exact) mass is 320 g/mol. The number of benzene rings is 1. The summed E-state index contributed by atoms with van der Waals surface area (Å²) in [6.45, 7) is 5.24. The van der Waals surface area contributed by atoms with Gasteiger partial charge in [-0.25, -0.2) is 13.1 Å². The molecule has 0 aliphatic rings. The molecule has 0 saturated heterocycles. The van der Waals surface area contributed by atoms with Gasteiger partial charge >= 0.3 is 0 Å². The molecule has 1 rings (SSSR count). The fraction of sp³-hybridized carbons (Fsp3) is 0.538. The predicted molar refractivity (Wildman–Crippen MR) is 81.3 cm³/mol. The fourth-order valence-electron chi connectivity index (χ4n) is 1.76. The first-order valence-electron chi connectivity index (χ1n) is 6.35. The SMILES string of the molecule is CCC(C)(CCO)NS(=O)(=O)c1cc(N)c(C)c(Cl)c1. The maximum atomic E-state index is 12.4. The molecule has 0 spiro atoms. The van der Waals surface area contributed by atoms with E-state index in [4.69, 9.17) is 22.4 Å². The zero-order chi connectivity index (χ0) is 15.6. The van der Waals surface area contributed by atoms with Crippen molar-refractivity contribution in [3.63, 3.8) is 0 Å². The molecule has 0 heterocycles. The molecular weight excluding hydrogens is 300 g/mol. The summed E-state index contributed by atoms with van der Waals surface area (Å²) in [6.07, 6.45) is 0.889. The highest BCUT2D eigenvalue weighted by Gasteiger charge is 2.29. The summed E-state index contributed by atoms with van der Waals surface area (Å²) < 4.78 is 27.4. The molecule has 1 unspecified atom stereocenters. The Kier molecular flexibility index (Phi) is 5.43. The number of aliphatic hydroxyl groups excluding tert-OH is 1. The Morgan fingerprint density at radius 2 is 2.05 bits per heavy atom. The summed E-state index contributed by atoms with van der Waals surface area (Å²) >= 11 is 5.98. The lowest BCUT2D eigenvalue weighted by Gasteiger charge is -2.28. The van der Waals surface area contributed by atoms with Crippen LogP contribution in [0.5, 0.6) is 0 Å². The number of rotatable bonds is 6. The Morgan fingerprint density at radius 3 is 2.50 bits per heavy atom. The van der Waals surface area contributed by atoms with Gasteiger partial charge in [-0.05, 0) is 44.4 Å². The first kappa shape index (κ1) is 17.2. The molecule has 1 aromatic carbocycles. The van der Waals surface area contributed by atoms with Crippen LogP contribution >= 0.6 is 11.6 Å². The number of aliphatic hydroxyl groups is 1. The number of sulfonamides is 1. The van der Waals surface area contributed by atoms with E-state index in [0.717, 1.165) is 0 Å². The Morgan fingerprint density at radius 1 is 1.45 bits per heavy atom. The third kappa shape index (κ3) is 3.85. The lowest BCUT2D eigenvalue weighted by Crippen LogP contribution is -2.46. The average molecular weight is 321 g/mol. The van der Waals surface area contributed by atoms with Crippen LogP contribution in [-0.4, -0.2) is 25.7 Å². The van der Waals surface area contributed by atoms with Gasteiger partial charge in [-0.2, -0.15) is 0 Å². The standard InChI is InChI=1S/C13H21ClN2O3S/c1-4-13(3,5-6-17)16-20(18,19)10-7-11(14)9(2)12(15)8-10/h7-8,16-17H,4-6,15H2,1-3H3. The van der Waals surface area contributed by atoms with Crippen LogP contribution in [0, 0.1) is 6.92 Å². The van der Waals surface area contributed by atoms with Crippen LogP contribution in [0.4, 0.5) is 5.69 Å². The number of hydrogen-bond acceptors (Lipinski definition) is 4. The maximum Gasteiger partial charge on any atom is 0.241 e. The molecule has 0 amide bonds. The molecule has 0 radical (unpaired) electrons. The molecule has 0 saturated carbocycles. The summed E-state index contributed by atoms with van der Waals surface area (Å²) in [5.41, 5.74) is 6.03. The Hall–Kier alpha value is -0.820. The lowest BCUT2D eigenvalue weighted by molar-refractivity contribution is 0.233. The van der Waals surface area contributed by atoms with Gasteiger partial charge in [0.25, 0.3) is 0 Å². The van der Waals surface area contributed by atoms with Gasteiger partial charge in [-0.3, -0.25) is 0 Å². The van der Waals surface area contributed by atoms with Gasteiger partial charge < -0.3 is 10.8 Å². The van der Waals surface area contributed by atoms with Crippen molar-refractivity contribution in [3.8, 4) is 0 Å². The van der Waals surface area contributed by atoms with Crippen LogP contribution in [-0.2, 0) is 10.0 Å². The molecule has 114 valence electrons. The highest BCUT2D eigenvalue weighted by atomic mass is 35.5. The van der Waals surface area contributed by atoms with Crippen molar-refractivity contribution < 1.29 is 13.5 Å². The number of nitrogens with one attached hydrogen (secondary N) is 1. The van der Waals surface area contributed by atoms with Gasteiger partial charge in [0.2, 0.25) is 10.0 Å². The van der Waals surface area contributed by atoms with Gasteiger partial charge in [-0.15, -0.1) is 0 Å². The third-order valence-electron chi connectivity index (χ3n) is 3.49. The topological polar surface area (TPSA) is 92.4 Å². The highest BCUT2D eigenvalue weighted by Crippen LogP contribution is 2.27. The van der Waals surface area contributed by atoms with Crippen LogP contribution in [0.1, 0.15) is 32.3 Å². The molecule has 0 aliphatic carbocycles. The molecule has 1 aromatic rings. The maximum absolute atomic E-state index is 12.4. The molecule has 7 heteroatoms. The zero-order valence-electron chi connectivity index (χ0n) is 11.9. The zero-order valence-corrected chi connectivity index (χ0v) is 13.5. The smallest absolute Gasteiger partial charge is 0.241 e. The number of halogens is 1. The summed E-state index contributed by atoms with van der Waals surface area (Å²) in [5, 5.41) is 9.36. The summed E-state index contributed by atoms with van der Waals surface area (Å²) in [4.78, 5) is 0.0308. The molecular formula is C13H21ClN2O3S. The molecule has 20 heavy (non-hydrogen) atoms. The number of nitrogen functional groups attached to an aromatic ring is 1. The number of hydrogen-bond donors (Lipinski definition) is 3. The van der Waals surface area contributed by atoms with E-state index < -0.39 is 15.6 Å². The highest BCUT2D eigenvalue weighted by molar-refractivity contribution is 7.89. The molecule has 5 nitrogen and oxygen atoms in total. The van der Waals surface area contributed by atoms with Crippen molar-refractivity contribution in [1.29, 1.82) is 0 Å². The Bertz CT molecular complexity index is 566. The Labute approximate surface area is 125 Å². The van der Waals surface area contributed by atoms with Crippen molar-refractivity contribution in [2.45, 2.75) is 44.0 Å². The minimum Gasteiger partial charge on any atom is -0.398 e. The second-order valence-corrected chi connectivity index (χ2v) is 7.20. The van der Waals surface area contributed by atoms with Crippen LogP contribution < -0.4 is 10.5 Å². The second kappa shape index (κ2) is 6.30. The van der Waals surface area contributed by atoms with Crippen LogP contribution in [0.3, 0.4) is 0 Å². The van der Waals surface area contributed by atoms with E-state index in [1.165, 1.54) is 12.1 Å². The quantitative estimate of drug-likeness (QED) is 0.699. The summed E-state index contributed by atoms with van der Waals surface area (Å²) in [7, 11) is -3.74. The van der Waals surface area contributed by atoms with Gasteiger partial charge in [0.15, 0.2) is 0 Å².